The summed E-state index contributed by atoms with van der Waals surface area (Å²) in [6.45, 7) is 2.62. The number of phenolic OH excluding ortho intramolecular Hbond substituents is 2. The van der Waals surface area contributed by atoms with Crippen LogP contribution in [0.2, 0.25) is 5.02 Å². The lowest BCUT2D eigenvalue weighted by molar-refractivity contribution is 0.0746. The molecule has 1 amide bonds. The molecule has 5 nitrogen and oxygen atoms in total. The predicted octanol–water partition coefficient (Wildman–Crippen LogP) is 2.71. The minimum atomic E-state index is -0.284. The van der Waals surface area contributed by atoms with Crippen molar-refractivity contribution in [1.29, 1.82) is 0 Å². The van der Waals surface area contributed by atoms with Gasteiger partial charge in [0, 0.05) is 42.5 Å². The molecule has 1 fully saturated rings. The lowest BCUT2D eigenvalue weighted by atomic mass is 10.1. The summed E-state index contributed by atoms with van der Waals surface area (Å²) in [5.74, 6) is -0.660. The van der Waals surface area contributed by atoms with Gasteiger partial charge in [0.25, 0.3) is 5.91 Å². The largest absolute Gasteiger partial charge is 0.504 e. The van der Waals surface area contributed by atoms with E-state index in [1.54, 1.807) is 4.90 Å². The van der Waals surface area contributed by atoms with Gasteiger partial charge in [0.1, 0.15) is 0 Å². The molecule has 2 aromatic carbocycles. The third kappa shape index (κ3) is 3.35. The molecular weight excluding hydrogens is 316 g/mol. The van der Waals surface area contributed by atoms with Crippen molar-refractivity contribution in [3.05, 3.63) is 53.1 Å². The summed E-state index contributed by atoms with van der Waals surface area (Å²) in [6, 6.07) is 11.8. The Kier molecular flexibility index (Phi) is 4.30. The molecule has 1 heterocycles. The van der Waals surface area contributed by atoms with Crippen molar-refractivity contribution in [3.63, 3.8) is 0 Å². The lowest BCUT2D eigenvalue weighted by Gasteiger charge is -2.36. The van der Waals surface area contributed by atoms with Gasteiger partial charge in [-0.1, -0.05) is 17.7 Å². The van der Waals surface area contributed by atoms with E-state index < -0.39 is 0 Å². The average Bonchev–Trinajstić information content (AvgIpc) is 2.57. The minimum absolute atomic E-state index is 0.147. The molecule has 0 unspecified atom stereocenters. The van der Waals surface area contributed by atoms with Gasteiger partial charge >= 0.3 is 0 Å². The van der Waals surface area contributed by atoms with Crippen LogP contribution in [0.25, 0.3) is 0 Å². The topological polar surface area (TPSA) is 64.0 Å². The number of phenols is 2. The van der Waals surface area contributed by atoms with Crippen LogP contribution in [-0.2, 0) is 0 Å². The summed E-state index contributed by atoms with van der Waals surface area (Å²) in [7, 11) is 0. The van der Waals surface area contributed by atoms with Crippen molar-refractivity contribution in [2.75, 3.05) is 31.1 Å². The van der Waals surface area contributed by atoms with Crippen LogP contribution in [0.1, 0.15) is 10.4 Å². The fourth-order valence-electron chi connectivity index (χ4n) is 2.68. The Bertz CT molecular complexity index is 728. The number of carbonyl (C=O) groups is 1. The van der Waals surface area contributed by atoms with Crippen molar-refractivity contribution >= 4 is 23.2 Å². The standard InChI is InChI=1S/C17H17ClN2O3/c18-13-2-1-3-14(11-13)19-6-8-20(9-7-19)17(23)12-4-5-15(21)16(22)10-12/h1-5,10-11,21-22H,6-9H2. The van der Waals surface area contributed by atoms with E-state index in [1.807, 2.05) is 24.3 Å². The molecule has 23 heavy (non-hydrogen) atoms. The Morgan fingerprint density at radius 1 is 0.957 bits per heavy atom. The van der Waals surface area contributed by atoms with E-state index >= 15 is 0 Å². The highest BCUT2D eigenvalue weighted by molar-refractivity contribution is 6.30. The van der Waals surface area contributed by atoms with Gasteiger partial charge in [-0.2, -0.15) is 0 Å². The highest BCUT2D eigenvalue weighted by Gasteiger charge is 2.23. The van der Waals surface area contributed by atoms with Crippen LogP contribution >= 0.6 is 11.6 Å². The molecule has 6 heteroatoms. The summed E-state index contributed by atoms with van der Waals surface area (Å²) in [5.41, 5.74) is 1.42. The second-order valence-corrected chi connectivity index (χ2v) is 5.90. The molecule has 0 aromatic heterocycles. The fraction of sp³-hybridized carbons (Fsp3) is 0.235. The Morgan fingerprint density at radius 3 is 2.35 bits per heavy atom. The zero-order valence-corrected chi connectivity index (χ0v) is 13.2. The number of halogens is 1. The molecular formula is C17H17ClN2O3. The number of hydrogen-bond acceptors (Lipinski definition) is 4. The number of amides is 1. The second kappa shape index (κ2) is 6.38. The van der Waals surface area contributed by atoms with Crippen LogP contribution in [-0.4, -0.2) is 47.2 Å². The van der Waals surface area contributed by atoms with E-state index in [1.165, 1.54) is 18.2 Å². The molecule has 0 saturated carbocycles. The predicted molar refractivity (Wildman–Crippen MR) is 89.3 cm³/mol. The highest BCUT2D eigenvalue weighted by atomic mass is 35.5. The minimum Gasteiger partial charge on any atom is -0.504 e. The van der Waals surface area contributed by atoms with Gasteiger partial charge in [-0.05, 0) is 36.4 Å². The number of nitrogens with zero attached hydrogens (tertiary/aromatic N) is 2. The molecule has 2 aromatic rings. The van der Waals surface area contributed by atoms with Crippen LogP contribution in [0.4, 0.5) is 5.69 Å². The van der Waals surface area contributed by atoms with Crippen molar-refractivity contribution in [3.8, 4) is 11.5 Å². The van der Waals surface area contributed by atoms with E-state index in [-0.39, 0.29) is 17.4 Å². The SMILES string of the molecule is O=C(c1ccc(O)c(O)c1)N1CCN(c2cccc(Cl)c2)CC1. The van der Waals surface area contributed by atoms with Gasteiger partial charge < -0.3 is 20.0 Å². The fourth-order valence-corrected chi connectivity index (χ4v) is 2.86. The normalized spacial score (nSPS) is 14.8. The maximum absolute atomic E-state index is 12.5. The molecule has 0 aliphatic carbocycles. The molecule has 1 saturated heterocycles. The molecule has 0 radical (unpaired) electrons. The first-order chi connectivity index (χ1) is 11.0. The summed E-state index contributed by atoms with van der Waals surface area (Å²) in [6.07, 6.45) is 0. The molecule has 2 N–H and O–H groups in total. The summed E-state index contributed by atoms with van der Waals surface area (Å²) >= 11 is 6.02. The first-order valence-corrected chi connectivity index (χ1v) is 7.74. The Hall–Kier alpha value is -2.40. The van der Waals surface area contributed by atoms with E-state index in [4.69, 9.17) is 11.6 Å². The molecule has 1 aliphatic heterocycles. The first kappa shape index (κ1) is 15.5. The van der Waals surface area contributed by atoms with Gasteiger partial charge in [-0.15, -0.1) is 0 Å². The van der Waals surface area contributed by atoms with E-state index in [9.17, 15) is 15.0 Å². The van der Waals surface area contributed by atoms with Crippen molar-refractivity contribution in [1.82, 2.24) is 4.90 Å². The number of anilines is 1. The van der Waals surface area contributed by atoms with Gasteiger partial charge in [-0.3, -0.25) is 4.79 Å². The zero-order chi connectivity index (χ0) is 16.4. The monoisotopic (exact) mass is 332 g/mol. The van der Waals surface area contributed by atoms with Gasteiger partial charge in [-0.25, -0.2) is 0 Å². The van der Waals surface area contributed by atoms with Crippen LogP contribution in [0.3, 0.4) is 0 Å². The number of rotatable bonds is 2. The van der Waals surface area contributed by atoms with Crippen LogP contribution in [0.15, 0.2) is 42.5 Å². The van der Waals surface area contributed by atoms with Crippen LogP contribution < -0.4 is 4.90 Å². The lowest BCUT2D eigenvalue weighted by Crippen LogP contribution is -2.48. The average molecular weight is 333 g/mol. The smallest absolute Gasteiger partial charge is 0.254 e. The van der Waals surface area contributed by atoms with Gasteiger partial charge in [0.05, 0.1) is 0 Å². The summed E-state index contributed by atoms with van der Waals surface area (Å²) < 4.78 is 0. The second-order valence-electron chi connectivity index (χ2n) is 5.46. The molecule has 0 spiro atoms. The molecule has 0 atom stereocenters. The summed E-state index contributed by atoms with van der Waals surface area (Å²) in [4.78, 5) is 16.4. The molecule has 0 bridgehead atoms. The number of piperazine rings is 1. The number of benzene rings is 2. The number of aromatic hydroxyl groups is 2. The Balaban J connectivity index is 1.66. The van der Waals surface area contributed by atoms with Crippen molar-refractivity contribution in [2.45, 2.75) is 0 Å². The maximum atomic E-state index is 12.5. The zero-order valence-electron chi connectivity index (χ0n) is 12.4. The quantitative estimate of drug-likeness (QED) is 0.830. The Morgan fingerprint density at radius 2 is 1.70 bits per heavy atom. The highest BCUT2D eigenvalue weighted by Crippen LogP contribution is 2.26. The first-order valence-electron chi connectivity index (χ1n) is 7.36. The summed E-state index contributed by atoms with van der Waals surface area (Å²) in [5, 5.41) is 19.5. The van der Waals surface area contributed by atoms with E-state index in [0.29, 0.717) is 23.7 Å². The van der Waals surface area contributed by atoms with Gasteiger partial charge in [0.15, 0.2) is 11.5 Å². The number of carbonyl (C=O) groups excluding carboxylic acids is 1. The maximum Gasteiger partial charge on any atom is 0.254 e. The van der Waals surface area contributed by atoms with Crippen LogP contribution in [0, 0.1) is 0 Å². The van der Waals surface area contributed by atoms with Crippen molar-refractivity contribution in [2.24, 2.45) is 0 Å². The number of hydrogen-bond donors (Lipinski definition) is 2. The van der Waals surface area contributed by atoms with E-state index in [2.05, 4.69) is 4.90 Å². The third-order valence-electron chi connectivity index (χ3n) is 3.96. The van der Waals surface area contributed by atoms with Crippen LogP contribution in [0.5, 0.6) is 11.5 Å². The van der Waals surface area contributed by atoms with Gasteiger partial charge in [0.2, 0.25) is 0 Å². The Labute approximate surface area is 139 Å². The third-order valence-corrected chi connectivity index (χ3v) is 4.20. The molecule has 3 rings (SSSR count). The van der Waals surface area contributed by atoms with Crippen molar-refractivity contribution < 1.29 is 15.0 Å². The molecule has 1 aliphatic rings. The molecule has 120 valence electrons. The van der Waals surface area contributed by atoms with E-state index in [0.717, 1.165) is 18.8 Å².